The first-order valence-corrected chi connectivity index (χ1v) is 8.50. The lowest BCUT2D eigenvalue weighted by molar-refractivity contribution is -0.130. The molecule has 0 saturated carbocycles. The molecule has 1 aliphatic heterocycles. The first kappa shape index (κ1) is 15.8. The zero-order valence-corrected chi connectivity index (χ0v) is 13.9. The van der Waals surface area contributed by atoms with Crippen molar-refractivity contribution < 1.29 is 4.79 Å². The monoisotopic (exact) mass is 332 g/mol. The van der Waals surface area contributed by atoms with Crippen molar-refractivity contribution in [1.29, 1.82) is 0 Å². The molecule has 0 bridgehead atoms. The molecule has 1 aliphatic rings. The Morgan fingerprint density at radius 1 is 1.26 bits per heavy atom. The predicted octanol–water partition coefficient (Wildman–Crippen LogP) is 1.18. The largest absolute Gasteiger partial charge is 0.359 e. The van der Waals surface area contributed by atoms with Crippen molar-refractivity contribution in [2.45, 2.75) is 6.92 Å². The van der Waals surface area contributed by atoms with Crippen LogP contribution in [0.25, 0.3) is 10.7 Å². The molecule has 0 atom stereocenters. The van der Waals surface area contributed by atoms with Gasteiger partial charge in [-0.25, -0.2) is 0 Å². The molecule has 1 fully saturated rings. The summed E-state index contributed by atoms with van der Waals surface area (Å²) in [6.07, 6.45) is 1.75. The van der Waals surface area contributed by atoms with Crippen molar-refractivity contribution in [1.82, 2.24) is 25.0 Å². The van der Waals surface area contributed by atoms with Crippen LogP contribution in [0, 0.1) is 0 Å². The van der Waals surface area contributed by atoms with Crippen molar-refractivity contribution in [3.8, 4) is 10.7 Å². The molecule has 23 heavy (non-hydrogen) atoms. The van der Waals surface area contributed by atoms with Crippen molar-refractivity contribution in [3.05, 3.63) is 24.4 Å². The summed E-state index contributed by atoms with van der Waals surface area (Å²) in [5.74, 6) is 0.165. The van der Waals surface area contributed by atoms with E-state index in [1.165, 1.54) is 11.3 Å². The van der Waals surface area contributed by atoms with Crippen molar-refractivity contribution in [2.75, 3.05) is 44.6 Å². The fourth-order valence-electron chi connectivity index (χ4n) is 2.49. The highest BCUT2D eigenvalue weighted by Gasteiger charge is 2.18. The summed E-state index contributed by atoms with van der Waals surface area (Å²) in [5, 5.41) is 13.3. The Labute approximate surface area is 139 Å². The van der Waals surface area contributed by atoms with E-state index in [4.69, 9.17) is 0 Å². The summed E-state index contributed by atoms with van der Waals surface area (Å²) < 4.78 is 0. The maximum atomic E-state index is 11.3. The number of anilines is 1. The van der Waals surface area contributed by atoms with Crippen LogP contribution in [0.4, 0.5) is 5.13 Å². The second-order valence-corrected chi connectivity index (χ2v) is 6.38. The molecule has 1 amide bonds. The van der Waals surface area contributed by atoms with E-state index in [0.29, 0.717) is 0 Å². The summed E-state index contributed by atoms with van der Waals surface area (Å²) in [7, 11) is 0. The van der Waals surface area contributed by atoms with Crippen molar-refractivity contribution >= 4 is 22.4 Å². The minimum atomic E-state index is 0.165. The molecule has 1 saturated heterocycles. The highest BCUT2D eigenvalue weighted by atomic mass is 32.1. The van der Waals surface area contributed by atoms with Crippen LogP contribution in [-0.4, -0.2) is 70.2 Å². The fraction of sp³-hybridized carbons (Fsp3) is 0.467. The number of piperazine rings is 1. The highest BCUT2D eigenvalue weighted by Crippen LogP contribution is 2.24. The van der Waals surface area contributed by atoms with Gasteiger partial charge in [-0.2, -0.15) is 0 Å². The summed E-state index contributed by atoms with van der Waals surface area (Å²) in [6, 6.07) is 5.76. The zero-order valence-electron chi connectivity index (χ0n) is 13.1. The van der Waals surface area contributed by atoms with Gasteiger partial charge in [0.2, 0.25) is 11.0 Å². The molecule has 0 aliphatic carbocycles. The topological polar surface area (TPSA) is 74.2 Å². The van der Waals surface area contributed by atoms with E-state index in [-0.39, 0.29) is 5.91 Å². The van der Waals surface area contributed by atoms with E-state index in [1.807, 2.05) is 23.1 Å². The number of hydrogen-bond donors (Lipinski definition) is 1. The minimum Gasteiger partial charge on any atom is -0.359 e. The molecule has 2 aromatic rings. The molecule has 7 nitrogen and oxygen atoms in total. The Morgan fingerprint density at radius 3 is 2.78 bits per heavy atom. The third-order valence-corrected chi connectivity index (χ3v) is 4.73. The molecule has 0 aromatic carbocycles. The van der Waals surface area contributed by atoms with Gasteiger partial charge >= 0.3 is 0 Å². The third kappa shape index (κ3) is 4.23. The molecular formula is C15H20N6OS. The number of nitrogens with zero attached hydrogens (tertiary/aromatic N) is 5. The van der Waals surface area contributed by atoms with Gasteiger partial charge in [-0.3, -0.25) is 14.7 Å². The quantitative estimate of drug-likeness (QED) is 0.886. The van der Waals surface area contributed by atoms with E-state index >= 15 is 0 Å². The first-order valence-electron chi connectivity index (χ1n) is 7.69. The summed E-state index contributed by atoms with van der Waals surface area (Å²) in [4.78, 5) is 19.8. The maximum Gasteiger partial charge on any atom is 0.219 e. The van der Waals surface area contributed by atoms with Crippen LogP contribution in [0.5, 0.6) is 0 Å². The lowest BCUT2D eigenvalue weighted by Crippen LogP contribution is -2.49. The molecular weight excluding hydrogens is 312 g/mol. The number of pyridine rings is 1. The van der Waals surface area contributed by atoms with Crippen LogP contribution in [-0.2, 0) is 4.79 Å². The van der Waals surface area contributed by atoms with Crippen molar-refractivity contribution in [3.63, 3.8) is 0 Å². The highest BCUT2D eigenvalue weighted by molar-refractivity contribution is 7.18. The van der Waals surface area contributed by atoms with Gasteiger partial charge in [0, 0.05) is 52.4 Å². The van der Waals surface area contributed by atoms with E-state index in [1.54, 1.807) is 13.1 Å². The van der Waals surface area contributed by atoms with Crippen LogP contribution in [0.15, 0.2) is 24.4 Å². The molecule has 3 rings (SSSR count). The van der Waals surface area contributed by atoms with Crippen molar-refractivity contribution in [2.24, 2.45) is 0 Å². The van der Waals surface area contributed by atoms with E-state index in [2.05, 4.69) is 25.4 Å². The Bertz CT molecular complexity index is 638. The first-order chi connectivity index (χ1) is 11.2. The average molecular weight is 332 g/mol. The number of amides is 1. The van der Waals surface area contributed by atoms with Gasteiger partial charge in [-0.15, -0.1) is 10.2 Å². The number of carbonyl (C=O) groups is 1. The van der Waals surface area contributed by atoms with Crippen LogP contribution in [0.2, 0.25) is 0 Å². The fourth-order valence-corrected chi connectivity index (χ4v) is 3.24. The zero-order chi connectivity index (χ0) is 16.1. The number of carbonyl (C=O) groups excluding carboxylic acids is 1. The summed E-state index contributed by atoms with van der Waals surface area (Å²) in [5.41, 5.74) is 0.846. The van der Waals surface area contributed by atoms with Crippen LogP contribution < -0.4 is 5.32 Å². The minimum absolute atomic E-state index is 0.165. The lowest BCUT2D eigenvalue weighted by atomic mass is 10.3. The molecule has 0 unspecified atom stereocenters. The summed E-state index contributed by atoms with van der Waals surface area (Å²) in [6.45, 7) is 6.87. The Morgan fingerprint density at radius 2 is 2.09 bits per heavy atom. The van der Waals surface area contributed by atoms with E-state index in [0.717, 1.165) is 55.1 Å². The lowest BCUT2D eigenvalue weighted by Gasteiger charge is -2.34. The van der Waals surface area contributed by atoms with Gasteiger partial charge in [0.05, 0.1) is 0 Å². The second kappa shape index (κ2) is 7.47. The van der Waals surface area contributed by atoms with Gasteiger partial charge in [0.15, 0.2) is 5.01 Å². The predicted molar refractivity (Wildman–Crippen MR) is 90.3 cm³/mol. The Balaban J connectivity index is 1.43. The van der Waals surface area contributed by atoms with Gasteiger partial charge in [-0.1, -0.05) is 17.4 Å². The smallest absolute Gasteiger partial charge is 0.219 e. The molecule has 122 valence electrons. The molecule has 0 spiro atoms. The molecule has 2 aromatic heterocycles. The number of aromatic nitrogens is 3. The molecule has 8 heteroatoms. The van der Waals surface area contributed by atoms with E-state index in [9.17, 15) is 4.79 Å². The van der Waals surface area contributed by atoms with Crippen LogP contribution in [0.3, 0.4) is 0 Å². The van der Waals surface area contributed by atoms with Crippen LogP contribution >= 0.6 is 11.3 Å². The van der Waals surface area contributed by atoms with Gasteiger partial charge < -0.3 is 10.2 Å². The van der Waals surface area contributed by atoms with E-state index < -0.39 is 0 Å². The number of hydrogen-bond acceptors (Lipinski definition) is 7. The van der Waals surface area contributed by atoms with Gasteiger partial charge in [0.25, 0.3) is 0 Å². The standard InChI is InChI=1S/C15H20N6OS/c1-12(22)21-10-8-20(9-11-21)7-6-17-15-19-18-14(23-15)13-4-2-3-5-16-13/h2-5H,6-11H2,1H3,(H,17,19). The van der Waals surface area contributed by atoms with Gasteiger partial charge in [0.1, 0.15) is 5.69 Å². The third-order valence-electron chi connectivity index (χ3n) is 3.83. The number of rotatable bonds is 5. The summed E-state index contributed by atoms with van der Waals surface area (Å²) >= 11 is 1.51. The SMILES string of the molecule is CC(=O)N1CCN(CCNc2nnc(-c3ccccn3)s2)CC1. The second-order valence-electron chi connectivity index (χ2n) is 5.40. The average Bonchev–Trinajstić information content (AvgIpc) is 3.05. The van der Waals surface area contributed by atoms with Crippen LogP contribution in [0.1, 0.15) is 6.92 Å². The Kier molecular flexibility index (Phi) is 5.14. The maximum absolute atomic E-state index is 11.3. The Hall–Kier alpha value is -2.06. The van der Waals surface area contributed by atoms with Gasteiger partial charge in [-0.05, 0) is 12.1 Å². The normalized spacial score (nSPS) is 15.6. The number of nitrogens with one attached hydrogen (secondary N) is 1. The molecule has 1 N–H and O–H groups in total. The molecule has 0 radical (unpaired) electrons. The molecule has 3 heterocycles.